The summed E-state index contributed by atoms with van der Waals surface area (Å²) in [5.74, 6) is -1.19. The number of hydrogen-bond donors (Lipinski definition) is 0. The van der Waals surface area contributed by atoms with Crippen molar-refractivity contribution in [2.75, 3.05) is 12.9 Å². The summed E-state index contributed by atoms with van der Waals surface area (Å²) in [5.41, 5.74) is 0. The van der Waals surface area contributed by atoms with E-state index < -0.39 is 34.3 Å². The Labute approximate surface area is 97.0 Å². The average Bonchev–Trinajstić information content (AvgIpc) is 2.38. The normalized spacial score (nSPS) is 27.1. The maximum absolute atomic E-state index is 12.6. The molecule has 0 bridgehead atoms. The van der Waals surface area contributed by atoms with Crippen molar-refractivity contribution in [1.29, 1.82) is 0 Å². The molecule has 1 fully saturated rings. The van der Waals surface area contributed by atoms with Gasteiger partial charge in [0.1, 0.15) is 6.10 Å². The Morgan fingerprint density at radius 1 is 1.41 bits per heavy atom. The van der Waals surface area contributed by atoms with Crippen molar-refractivity contribution < 1.29 is 35.2 Å². The maximum atomic E-state index is 12.6. The van der Waals surface area contributed by atoms with E-state index >= 15 is 0 Å². The summed E-state index contributed by atoms with van der Waals surface area (Å²) >= 11 is 0. The molecule has 0 amide bonds. The Bertz CT molecular complexity index is 375. The Morgan fingerprint density at radius 3 is 2.24 bits per heavy atom. The standard InChI is InChI=1S/C8H13F3O5S/c1-7(2)14-4-5(15-7)6(8(9,10)11)16-17(3,12)13/h5-6H,4H2,1-3H3/t5-,6?/m0/s1. The third-order valence-corrected chi connectivity index (χ3v) is 2.53. The predicted molar refractivity (Wildman–Crippen MR) is 50.7 cm³/mol. The van der Waals surface area contributed by atoms with E-state index in [1.165, 1.54) is 13.8 Å². The molecule has 5 nitrogen and oxygen atoms in total. The SMILES string of the molecule is CC1(C)OC[C@@H](C(OS(C)(=O)=O)C(F)(F)F)O1. The molecule has 0 aliphatic carbocycles. The second-order valence-electron chi connectivity index (χ2n) is 4.13. The van der Waals surface area contributed by atoms with Crippen LogP contribution in [0.5, 0.6) is 0 Å². The summed E-state index contributed by atoms with van der Waals surface area (Å²) in [7, 11) is -4.24. The van der Waals surface area contributed by atoms with E-state index in [0.717, 1.165) is 0 Å². The highest BCUT2D eigenvalue weighted by atomic mass is 32.2. The number of hydrogen-bond acceptors (Lipinski definition) is 5. The molecular formula is C8H13F3O5S. The lowest BCUT2D eigenvalue weighted by Crippen LogP contribution is -2.45. The van der Waals surface area contributed by atoms with Crippen LogP contribution in [0.25, 0.3) is 0 Å². The summed E-state index contributed by atoms with van der Waals surface area (Å²) < 4.78 is 73.4. The number of alkyl halides is 3. The zero-order valence-corrected chi connectivity index (χ0v) is 10.3. The smallest absolute Gasteiger partial charge is 0.348 e. The molecule has 17 heavy (non-hydrogen) atoms. The molecule has 1 aliphatic rings. The summed E-state index contributed by atoms with van der Waals surface area (Å²) in [6.45, 7) is 2.48. The Balaban J connectivity index is 2.86. The maximum Gasteiger partial charge on any atom is 0.418 e. The van der Waals surface area contributed by atoms with Gasteiger partial charge in [-0.2, -0.15) is 21.6 Å². The molecule has 0 N–H and O–H groups in total. The number of rotatable bonds is 3. The van der Waals surface area contributed by atoms with Gasteiger partial charge in [0.25, 0.3) is 10.1 Å². The molecule has 0 radical (unpaired) electrons. The minimum atomic E-state index is -4.85. The molecule has 1 saturated heterocycles. The molecule has 1 unspecified atom stereocenters. The van der Waals surface area contributed by atoms with Crippen LogP contribution in [0.1, 0.15) is 13.8 Å². The van der Waals surface area contributed by atoms with Crippen LogP contribution in [0.3, 0.4) is 0 Å². The number of halogens is 3. The van der Waals surface area contributed by atoms with Gasteiger partial charge in [0, 0.05) is 0 Å². The van der Waals surface area contributed by atoms with Crippen LogP contribution in [-0.4, -0.2) is 45.5 Å². The molecule has 102 valence electrons. The predicted octanol–water partition coefficient (Wildman–Crippen LogP) is 1.05. The molecular weight excluding hydrogens is 265 g/mol. The number of ether oxygens (including phenoxy) is 2. The van der Waals surface area contributed by atoms with E-state index in [-0.39, 0.29) is 6.61 Å². The van der Waals surface area contributed by atoms with Crippen molar-refractivity contribution >= 4 is 10.1 Å². The van der Waals surface area contributed by atoms with E-state index in [1.54, 1.807) is 0 Å². The lowest BCUT2D eigenvalue weighted by atomic mass is 10.2. The van der Waals surface area contributed by atoms with E-state index in [4.69, 9.17) is 9.47 Å². The van der Waals surface area contributed by atoms with Gasteiger partial charge < -0.3 is 9.47 Å². The van der Waals surface area contributed by atoms with Crippen molar-refractivity contribution in [3.05, 3.63) is 0 Å². The van der Waals surface area contributed by atoms with Crippen LogP contribution in [0.2, 0.25) is 0 Å². The van der Waals surface area contributed by atoms with Gasteiger partial charge in [0.2, 0.25) is 6.10 Å². The van der Waals surface area contributed by atoms with Crippen molar-refractivity contribution in [2.45, 2.75) is 38.0 Å². The largest absolute Gasteiger partial charge is 0.418 e. The zero-order chi connectivity index (χ0) is 13.5. The van der Waals surface area contributed by atoms with E-state index in [1.807, 2.05) is 0 Å². The molecule has 1 heterocycles. The van der Waals surface area contributed by atoms with E-state index in [9.17, 15) is 21.6 Å². The first kappa shape index (κ1) is 14.7. The first-order valence-corrected chi connectivity index (χ1v) is 6.49. The summed E-state index contributed by atoms with van der Waals surface area (Å²) in [4.78, 5) is 0. The summed E-state index contributed by atoms with van der Waals surface area (Å²) in [5, 5.41) is 0. The highest BCUT2D eigenvalue weighted by Gasteiger charge is 2.52. The van der Waals surface area contributed by atoms with Gasteiger partial charge in [0.15, 0.2) is 5.79 Å². The van der Waals surface area contributed by atoms with Crippen LogP contribution in [-0.2, 0) is 23.8 Å². The highest BCUT2D eigenvalue weighted by Crippen LogP contribution is 2.34. The van der Waals surface area contributed by atoms with Crippen molar-refractivity contribution in [3.63, 3.8) is 0 Å². The van der Waals surface area contributed by atoms with Gasteiger partial charge >= 0.3 is 6.18 Å². The van der Waals surface area contributed by atoms with Gasteiger partial charge in [-0.05, 0) is 13.8 Å². The highest BCUT2D eigenvalue weighted by molar-refractivity contribution is 7.86. The van der Waals surface area contributed by atoms with Crippen molar-refractivity contribution in [1.82, 2.24) is 0 Å². The fourth-order valence-electron chi connectivity index (χ4n) is 1.38. The van der Waals surface area contributed by atoms with Crippen molar-refractivity contribution in [2.24, 2.45) is 0 Å². The molecule has 9 heteroatoms. The molecule has 0 saturated carbocycles. The topological polar surface area (TPSA) is 61.8 Å². The molecule has 0 aromatic carbocycles. The van der Waals surface area contributed by atoms with Crippen LogP contribution in [0.4, 0.5) is 13.2 Å². The Hall–Kier alpha value is -0.380. The lowest BCUT2D eigenvalue weighted by Gasteiger charge is -2.25. The molecule has 0 aromatic heterocycles. The first-order valence-electron chi connectivity index (χ1n) is 4.67. The summed E-state index contributed by atoms with van der Waals surface area (Å²) in [6, 6.07) is 0. The fraction of sp³-hybridized carbons (Fsp3) is 1.00. The van der Waals surface area contributed by atoms with E-state index in [0.29, 0.717) is 6.26 Å². The first-order chi connectivity index (χ1) is 7.41. The Kier molecular flexibility index (Phi) is 3.78. The molecule has 1 aliphatic heterocycles. The monoisotopic (exact) mass is 278 g/mol. The van der Waals surface area contributed by atoms with Gasteiger partial charge in [-0.1, -0.05) is 0 Å². The van der Waals surface area contributed by atoms with Crippen molar-refractivity contribution in [3.8, 4) is 0 Å². The van der Waals surface area contributed by atoms with Crippen LogP contribution < -0.4 is 0 Å². The molecule has 0 aromatic rings. The lowest BCUT2D eigenvalue weighted by molar-refractivity contribution is -0.232. The third kappa shape index (κ3) is 4.41. The second kappa shape index (κ2) is 4.38. The third-order valence-electron chi connectivity index (χ3n) is 1.97. The minimum absolute atomic E-state index is 0.382. The average molecular weight is 278 g/mol. The Morgan fingerprint density at radius 2 is 1.94 bits per heavy atom. The zero-order valence-electron chi connectivity index (χ0n) is 9.45. The molecule has 2 atom stereocenters. The fourth-order valence-corrected chi connectivity index (χ4v) is 1.99. The van der Waals surface area contributed by atoms with Crippen LogP contribution in [0.15, 0.2) is 0 Å². The quantitative estimate of drug-likeness (QED) is 0.722. The second-order valence-corrected chi connectivity index (χ2v) is 5.73. The van der Waals surface area contributed by atoms with Gasteiger partial charge in [-0.15, -0.1) is 0 Å². The van der Waals surface area contributed by atoms with E-state index in [2.05, 4.69) is 4.18 Å². The minimum Gasteiger partial charge on any atom is -0.348 e. The van der Waals surface area contributed by atoms with Gasteiger partial charge in [-0.3, -0.25) is 4.18 Å². The van der Waals surface area contributed by atoms with Gasteiger partial charge in [-0.25, -0.2) is 0 Å². The molecule has 1 rings (SSSR count). The summed E-state index contributed by atoms with van der Waals surface area (Å²) in [6.07, 6.45) is -8.36. The molecule has 0 spiro atoms. The van der Waals surface area contributed by atoms with Gasteiger partial charge in [0.05, 0.1) is 12.9 Å². The van der Waals surface area contributed by atoms with Crippen LogP contribution >= 0.6 is 0 Å². The van der Waals surface area contributed by atoms with Crippen LogP contribution in [0, 0.1) is 0 Å².